The number of nitrogens with zero attached hydrogens (tertiary/aromatic N) is 2. The number of carbonyl (C=O) groups excluding carboxylic acids is 3. The van der Waals surface area contributed by atoms with Crippen LogP contribution in [0.15, 0.2) is 43.5 Å². The minimum Gasteiger partial charge on any atom is -0.461 e. The fraction of sp³-hybridized carbons (Fsp3) is 0.519. The molecule has 1 N–H and O–H groups in total. The molecule has 36 heavy (non-hydrogen) atoms. The molecule has 3 aliphatic rings. The van der Waals surface area contributed by atoms with Crippen LogP contribution >= 0.6 is 15.9 Å². The van der Waals surface area contributed by atoms with Crippen LogP contribution in [0.25, 0.3) is 0 Å². The highest BCUT2D eigenvalue weighted by atomic mass is 79.9. The van der Waals surface area contributed by atoms with Crippen molar-refractivity contribution in [2.24, 2.45) is 11.8 Å². The lowest BCUT2D eigenvalue weighted by molar-refractivity contribution is -0.153. The molecule has 1 spiro atoms. The minimum absolute atomic E-state index is 0.0270. The van der Waals surface area contributed by atoms with Crippen LogP contribution in [0.1, 0.15) is 24.0 Å². The molecule has 2 bridgehead atoms. The third-order valence-electron chi connectivity index (χ3n) is 7.43. The first-order chi connectivity index (χ1) is 17.2. The van der Waals surface area contributed by atoms with E-state index < -0.39 is 35.6 Å². The van der Waals surface area contributed by atoms with Crippen molar-refractivity contribution in [3.8, 4) is 0 Å². The van der Waals surface area contributed by atoms with Gasteiger partial charge in [-0.25, -0.2) is 0 Å². The smallest absolute Gasteiger partial charge is 0.312 e. The van der Waals surface area contributed by atoms with Gasteiger partial charge in [-0.15, -0.1) is 6.58 Å². The molecule has 2 amide bonds. The van der Waals surface area contributed by atoms with Gasteiger partial charge in [0.05, 0.1) is 17.9 Å². The molecule has 3 fully saturated rings. The van der Waals surface area contributed by atoms with E-state index in [4.69, 9.17) is 9.47 Å². The summed E-state index contributed by atoms with van der Waals surface area (Å²) in [6.07, 6.45) is 3.25. The Morgan fingerprint density at radius 1 is 1.33 bits per heavy atom. The monoisotopic (exact) mass is 560 g/mol. The third kappa shape index (κ3) is 4.21. The molecule has 6 atom stereocenters. The Balaban J connectivity index is 1.80. The second kappa shape index (κ2) is 10.5. The maximum absolute atomic E-state index is 14.4. The maximum atomic E-state index is 14.4. The molecule has 194 valence electrons. The molecule has 0 radical (unpaired) electrons. The number of likely N-dealkylation sites (tertiary alicyclic amines) is 1. The summed E-state index contributed by atoms with van der Waals surface area (Å²) >= 11 is 3.64. The van der Waals surface area contributed by atoms with Crippen molar-refractivity contribution in [1.82, 2.24) is 4.90 Å². The summed E-state index contributed by atoms with van der Waals surface area (Å²) in [4.78, 5) is 44.2. The molecule has 4 rings (SSSR count). The number of anilines is 1. The molecule has 0 aromatic heterocycles. The van der Waals surface area contributed by atoms with E-state index >= 15 is 0 Å². The summed E-state index contributed by atoms with van der Waals surface area (Å²) in [5, 5.41) is 9.52. The fourth-order valence-electron chi connectivity index (χ4n) is 5.99. The highest BCUT2D eigenvalue weighted by molar-refractivity contribution is 9.09. The van der Waals surface area contributed by atoms with Crippen molar-refractivity contribution in [3.63, 3.8) is 0 Å². The van der Waals surface area contributed by atoms with E-state index in [0.717, 1.165) is 16.8 Å². The number of hydrogen-bond acceptors (Lipinski definition) is 6. The van der Waals surface area contributed by atoms with Gasteiger partial charge in [0.2, 0.25) is 5.91 Å². The van der Waals surface area contributed by atoms with Gasteiger partial charge in [0.1, 0.15) is 18.2 Å². The van der Waals surface area contributed by atoms with E-state index in [0.29, 0.717) is 12.8 Å². The lowest BCUT2D eigenvalue weighted by Crippen LogP contribution is -2.57. The van der Waals surface area contributed by atoms with E-state index in [2.05, 4.69) is 29.1 Å². The summed E-state index contributed by atoms with van der Waals surface area (Å²) in [5.74, 6) is -2.82. The van der Waals surface area contributed by atoms with E-state index in [-0.39, 0.29) is 42.9 Å². The second-order valence-corrected chi connectivity index (χ2v) is 10.9. The number of halogens is 1. The lowest BCUT2D eigenvalue weighted by Gasteiger charge is -2.37. The number of hydrogen-bond donors (Lipinski definition) is 1. The molecule has 0 saturated carbocycles. The molecule has 3 saturated heterocycles. The van der Waals surface area contributed by atoms with Gasteiger partial charge in [-0.1, -0.05) is 46.8 Å². The number of rotatable bonds is 10. The van der Waals surface area contributed by atoms with Crippen molar-refractivity contribution >= 4 is 39.4 Å². The van der Waals surface area contributed by atoms with Crippen LogP contribution in [0.4, 0.5) is 5.69 Å². The number of aliphatic hydroxyl groups is 1. The SMILES string of the molecule is C=CCOC(=O)[C@H]1[C@@H]2OC3(CC2Br)C(C(=O)N(CC=C)c2cc(C)ccc2C)N(CCCO)C(=O)[C@H]13. The predicted molar refractivity (Wildman–Crippen MR) is 139 cm³/mol. The molecular formula is C27H33BrN2O6. The number of amides is 2. The normalized spacial score (nSPS) is 30.3. The van der Waals surface area contributed by atoms with Crippen LogP contribution in [0.2, 0.25) is 0 Å². The van der Waals surface area contributed by atoms with Crippen LogP contribution in [0.5, 0.6) is 0 Å². The van der Waals surface area contributed by atoms with Crippen LogP contribution in [-0.4, -0.2) is 76.7 Å². The first-order valence-corrected chi connectivity index (χ1v) is 13.1. The van der Waals surface area contributed by atoms with Gasteiger partial charge in [0, 0.05) is 30.2 Å². The van der Waals surface area contributed by atoms with Gasteiger partial charge in [0.15, 0.2) is 0 Å². The lowest BCUT2D eigenvalue weighted by atomic mass is 9.70. The van der Waals surface area contributed by atoms with Gasteiger partial charge < -0.3 is 24.4 Å². The summed E-state index contributed by atoms with van der Waals surface area (Å²) in [6, 6.07) is 4.92. The van der Waals surface area contributed by atoms with E-state index in [9.17, 15) is 19.5 Å². The highest BCUT2D eigenvalue weighted by Crippen LogP contribution is 2.60. The maximum Gasteiger partial charge on any atom is 0.312 e. The topological polar surface area (TPSA) is 96.4 Å². The number of ether oxygens (including phenoxy) is 2. The first-order valence-electron chi connectivity index (χ1n) is 12.2. The van der Waals surface area contributed by atoms with E-state index in [1.54, 1.807) is 11.0 Å². The molecule has 3 unspecified atom stereocenters. The Morgan fingerprint density at radius 2 is 2.08 bits per heavy atom. The van der Waals surface area contributed by atoms with Gasteiger partial charge in [-0.2, -0.15) is 0 Å². The van der Waals surface area contributed by atoms with E-state index in [1.807, 2.05) is 32.0 Å². The molecule has 3 heterocycles. The van der Waals surface area contributed by atoms with Crippen LogP contribution in [0.3, 0.4) is 0 Å². The zero-order chi connectivity index (χ0) is 26.2. The van der Waals surface area contributed by atoms with Crippen LogP contribution in [0, 0.1) is 25.7 Å². The Morgan fingerprint density at radius 3 is 2.75 bits per heavy atom. The summed E-state index contributed by atoms with van der Waals surface area (Å²) in [5.41, 5.74) is 1.46. The summed E-state index contributed by atoms with van der Waals surface area (Å²) < 4.78 is 11.8. The number of aliphatic hydroxyl groups excluding tert-OH is 1. The highest BCUT2D eigenvalue weighted by Gasteiger charge is 2.77. The molecule has 8 nitrogen and oxygen atoms in total. The van der Waals surface area contributed by atoms with Crippen molar-refractivity contribution in [3.05, 3.63) is 54.6 Å². The summed E-state index contributed by atoms with van der Waals surface area (Å²) in [6.45, 7) is 11.6. The van der Waals surface area contributed by atoms with E-state index in [1.165, 1.54) is 11.0 Å². The summed E-state index contributed by atoms with van der Waals surface area (Å²) in [7, 11) is 0. The number of fused-ring (bicyclic) bond motifs is 1. The van der Waals surface area contributed by atoms with Gasteiger partial charge in [0.25, 0.3) is 5.91 Å². The molecule has 1 aromatic carbocycles. The Hall–Kier alpha value is -2.49. The average Bonchev–Trinajstić information content (AvgIpc) is 3.44. The molecule has 9 heteroatoms. The zero-order valence-corrected chi connectivity index (χ0v) is 22.3. The number of benzene rings is 1. The van der Waals surface area contributed by atoms with Crippen molar-refractivity contribution < 1.29 is 29.0 Å². The molecular weight excluding hydrogens is 528 g/mol. The minimum atomic E-state index is -1.18. The standard InChI is InChI=1S/C27H33BrN2O6/c1-5-10-29(19-14-16(3)8-9-17(19)4)25(33)23-27-15-18(28)22(36-27)20(26(34)35-13-6-2)21(27)24(32)30(23)11-7-12-31/h5-6,8-9,14,18,20-23,31H,1-2,7,10-13,15H2,3-4H3/t18?,20-,21+,22-,23?,27?/m1/s1. The quantitative estimate of drug-likeness (QED) is 0.268. The third-order valence-corrected chi connectivity index (χ3v) is 8.27. The zero-order valence-electron chi connectivity index (χ0n) is 20.7. The van der Waals surface area contributed by atoms with Crippen LogP contribution in [-0.2, 0) is 23.9 Å². The number of aryl methyl sites for hydroxylation is 2. The number of esters is 1. The molecule has 1 aromatic rings. The number of alkyl halides is 1. The van der Waals surface area contributed by atoms with Crippen molar-refractivity contribution in [1.29, 1.82) is 0 Å². The van der Waals surface area contributed by atoms with Gasteiger partial charge in [-0.3, -0.25) is 14.4 Å². The fourth-order valence-corrected chi connectivity index (χ4v) is 6.93. The average molecular weight is 561 g/mol. The Kier molecular flexibility index (Phi) is 7.73. The van der Waals surface area contributed by atoms with Crippen molar-refractivity contribution in [2.45, 2.75) is 49.3 Å². The van der Waals surface area contributed by atoms with Gasteiger partial charge >= 0.3 is 5.97 Å². The largest absolute Gasteiger partial charge is 0.461 e. The van der Waals surface area contributed by atoms with Crippen LogP contribution < -0.4 is 4.90 Å². The predicted octanol–water partition coefficient (Wildman–Crippen LogP) is 2.68. The first kappa shape index (κ1) is 26.6. The van der Waals surface area contributed by atoms with Gasteiger partial charge in [-0.05, 0) is 43.9 Å². The molecule has 0 aliphatic carbocycles. The Bertz CT molecular complexity index is 1080. The Labute approximate surface area is 220 Å². The number of carbonyl (C=O) groups is 3. The van der Waals surface area contributed by atoms with Crippen molar-refractivity contribution in [2.75, 3.05) is 31.2 Å². The molecule has 3 aliphatic heterocycles. The second-order valence-electron chi connectivity index (χ2n) is 9.72.